The molecule has 1 heterocycles. The minimum atomic E-state index is -0.192. The minimum Gasteiger partial charge on any atom is -0.305 e. The third kappa shape index (κ3) is 2.34. The fraction of sp³-hybridized carbons (Fsp3) is 0.588. The summed E-state index contributed by atoms with van der Waals surface area (Å²) in [7, 11) is 0. The van der Waals surface area contributed by atoms with Crippen molar-refractivity contribution in [2.75, 3.05) is 6.54 Å². The van der Waals surface area contributed by atoms with E-state index >= 15 is 0 Å². The molecule has 2 heteroatoms. The van der Waals surface area contributed by atoms with Crippen LogP contribution in [-0.2, 0) is 4.79 Å². The Hall–Kier alpha value is -1.15. The summed E-state index contributed by atoms with van der Waals surface area (Å²) in [5.41, 5.74) is 1.15. The molecule has 1 aromatic carbocycles. The molecule has 2 aliphatic rings. The number of nitrogens with one attached hydrogen (secondary N) is 1. The van der Waals surface area contributed by atoms with E-state index in [-0.39, 0.29) is 11.5 Å². The van der Waals surface area contributed by atoms with Crippen LogP contribution in [0.25, 0.3) is 0 Å². The van der Waals surface area contributed by atoms with Gasteiger partial charge in [0.25, 0.3) is 0 Å². The van der Waals surface area contributed by atoms with Crippen molar-refractivity contribution in [3.63, 3.8) is 0 Å². The first kappa shape index (κ1) is 12.9. The van der Waals surface area contributed by atoms with Gasteiger partial charge in [-0.25, -0.2) is 0 Å². The van der Waals surface area contributed by atoms with Crippen LogP contribution in [0.4, 0.5) is 0 Å². The van der Waals surface area contributed by atoms with Crippen LogP contribution in [0.1, 0.15) is 50.5 Å². The van der Waals surface area contributed by atoms with Crippen LogP contribution in [0.5, 0.6) is 0 Å². The molecule has 2 nitrogen and oxygen atoms in total. The van der Waals surface area contributed by atoms with Gasteiger partial charge in [-0.1, -0.05) is 43.7 Å². The monoisotopic (exact) mass is 257 g/mol. The molecule has 102 valence electrons. The van der Waals surface area contributed by atoms with Gasteiger partial charge in [0, 0.05) is 5.92 Å². The molecule has 0 radical (unpaired) electrons. The first-order valence-corrected chi connectivity index (χ1v) is 7.61. The molecule has 0 bridgehead atoms. The highest BCUT2D eigenvalue weighted by Crippen LogP contribution is 2.50. The van der Waals surface area contributed by atoms with E-state index in [1.54, 1.807) is 0 Å². The summed E-state index contributed by atoms with van der Waals surface area (Å²) in [6.07, 6.45) is 5.33. The number of hydrogen-bond acceptors (Lipinski definition) is 2. The number of rotatable bonds is 5. The lowest BCUT2D eigenvalue weighted by molar-refractivity contribution is -0.126. The second kappa shape index (κ2) is 5.09. The van der Waals surface area contributed by atoms with Gasteiger partial charge in [-0.05, 0) is 43.7 Å². The Morgan fingerprint density at radius 1 is 1.37 bits per heavy atom. The number of ketones is 1. The van der Waals surface area contributed by atoms with Crippen LogP contribution in [0.3, 0.4) is 0 Å². The fourth-order valence-electron chi connectivity index (χ4n) is 3.69. The van der Waals surface area contributed by atoms with E-state index < -0.39 is 0 Å². The topological polar surface area (TPSA) is 29.1 Å². The van der Waals surface area contributed by atoms with Gasteiger partial charge < -0.3 is 5.32 Å². The summed E-state index contributed by atoms with van der Waals surface area (Å²) in [6.45, 7) is 3.19. The van der Waals surface area contributed by atoms with Crippen LogP contribution in [-0.4, -0.2) is 17.9 Å². The second-order valence-electron chi connectivity index (χ2n) is 6.09. The number of benzene rings is 1. The lowest BCUT2D eigenvalue weighted by Gasteiger charge is -2.28. The van der Waals surface area contributed by atoms with Crippen molar-refractivity contribution < 1.29 is 4.79 Å². The molecule has 3 unspecified atom stereocenters. The molecule has 0 spiro atoms. The summed E-state index contributed by atoms with van der Waals surface area (Å²) in [5.74, 6) is 1.23. The van der Waals surface area contributed by atoms with E-state index in [4.69, 9.17) is 0 Å². The van der Waals surface area contributed by atoms with Crippen molar-refractivity contribution in [3.05, 3.63) is 35.9 Å². The summed E-state index contributed by atoms with van der Waals surface area (Å²) in [6, 6.07) is 10.5. The first-order chi connectivity index (χ1) is 9.27. The van der Waals surface area contributed by atoms with Crippen molar-refractivity contribution in [1.82, 2.24) is 5.32 Å². The van der Waals surface area contributed by atoms with Crippen LogP contribution >= 0.6 is 0 Å². The van der Waals surface area contributed by atoms with Crippen LogP contribution in [0.2, 0.25) is 0 Å². The Kier molecular flexibility index (Phi) is 3.44. The lowest BCUT2D eigenvalue weighted by Crippen LogP contribution is -2.48. The Balaban J connectivity index is 1.72. The maximum Gasteiger partial charge on any atom is 0.156 e. The average molecular weight is 257 g/mol. The van der Waals surface area contributed by atoms with E-state index in [1.807, 2.05) is 6.07 Å². The molecule has 19 heavy (non-hydrogen) atoms. The maximum absolute atomic E-state index is 12.8. The summed E-state index contributed by atoms with van der Waals surface area (Å²) in [4.78, 5) is 12.8. The molecule has 1 saturated heterocycles. The third-order valence-corrected chi connectivity index (χ3v) is 4.75. The third-order valence-electron chi connectivity index (χ3n) is 4.75. The largest absolute Gasteiger partial charge is 0.305 e. The molecular weight excluding hydrogens is 234 g/mol. The number of carbonyl (C=O) groups is 1. The van der Waals surface area contributed by atoms with Gasteiger partial charge in [0.05, 0.1) is 5.54 Å². The molecule has 1 N–H and O–H groups in total. The molecule has 3 rings (SSSR count). The number of hydrogen-bond donors (Lipinski definition) is 1. The van der Waals surface area contributed by atoms with E-state index in [1.165, 1.54) is 5.56 Å². The van der Waals surface area contributed by atoms with Crippen LogP contribution < -0.4 is 5.32 Å². The Bertz CT molecular complexity index is 448. The van der Waals surface area contributed by atoms with Crippen LogP contribution in [0.15, 0.2) is 30.3 Å². The van der Waals surface area contributed by atoms with Crippen molar-refractivity contribution >= 4 is 5.78 Å². The van der Waals surface area contributed by atoms with E-state index in [2.05, 4.69) is 36.5 Å². The fourth-order valence-corrected chi connectivity index (χ4v) is 3.69. The summed E-state index contributed by atoms with van der Waals surface area (Å²) in [5, 5.41) is 3.51. The molecule has 1 aliphatic heterocycles. The molecule has 3 atom stereocenters. The maximum atomic E-state index is 12.8. The molecule has 2 fully saturated rings. The number of carbonyl (C=O) groups excluding carboxylic acids is 1. The zero-order valence-corrected chi connectivity index (χ0v) is 11.7. The lowest BCUT2D eigenvalue weighted by atomic mass is 9.84. The van der Waals surface area contributed by atoms with Gasteiger partial charge in [0.15, 0.2) is 5.78 Å². The normalized spacial score (nSPS) is 33.3. The molecular formula is C17H23NO. The molecule has 1 aliphatic carbocycles. The zero-order chi connectivity index (χ0) is 13.3. The van der Waals surface area contributed by atoms with Gasteiger partial charge in [-0.15, -0.1) is 0 Å². The second-order valence-corrected chi connectivity index (χ2v) is 6.09. The SMILES string of the molecule is CCCC1(C(=O)C2CC2c2ccccc2)CCCN1. The zero-order valence-electron chi connectivity index (χ0n) is 11.7. The van der Waals surface area contributed by atoms with Gasteiger partial charge in [-0.3, -0.25) is 4.79 Å². The summed E-state index contributed by atoms with van der Waals surface area (Å²) < 4.78 is 0. The smallest absolute Gasteiger partial charge is 0.156 e. The highest BCUT2D eigenvalue weighted by atomic mass is 16.1. The van der Waals surface area contributed by atoms with Gasteiger partial charge in [-0.2, -0.15) is 0 Å². The average Bonchev–Trinajstić information content (AvgIpc) is 3.11. The Labute approximate surface area is 115 Å². The quantitative estimate of drug-likeness (QED) is 0.877. The van der Waals surface area contributed by atoms with Gasteiger partial charge in [0.2, 0.25) is 0 Å². The van der Waals surface area contributed by atoms with Crippen molar-refractivity contribution in [1.29, 1.82) is 0 Å². The van der Waals surface area contributed by atoms with Gasteiger partial charge >= 0.3 is 0 Å². The molecule has 0 amide bonds. The predicted octanol–water partition coefficient (Wildman–Crippen LogP) is 3.28. The highest BCUT2D eigenvalue weighted by molar-refractivity contribution is 5.93. The van der Waals surface area contributed by atoms with E-state index in [9.17, 15) is 4.79 Å². The highest BCUT2D eigenvalue weighted by Gasteiger charge is 2.52. The summed E-state index contributed by atoms with van der Waals surface area (Å²) >= 11 is 0. The van der Waals surface area contributed by atoms with Crippen molar-refractivity contribution in [3.8, 4) is 0 Å². The Morgan fingerprint density at radius 3 is 2.79 bits per heavy atom. The number of Topliss-reactive ketones (excluding diaryl/α,β-unsaturated/α-hetero) is 1. The van der Waals surface area contributed by atoms with E-state index in [0.29, 0.717) is 11.7 Å². The van der Waals surface area contributed by atoms with E-state index in [0.717, 1.165) is 38.6 Å². The molecule has 1 saturated carbocycles. The first-order valence-electron chi connectivity index (χ1n) is 7.61. The van der Waals surface area contributed by atoms with Crippen LogP contribution in [0, 0.1) is 5.92 Å². The molecule has 1 aromatic rings. The van der Waals surface area contributed by atoms with Crippen molar-refractivity contribution in [2.24, 2.45) is 5.92 Å². The predicted molar refractivity (Wildman–Crippen MR) is 77.2 cm³/mol. The Morgan fingerprint density at radius 2 is 2.16 bits per heavy atom. The standard InChI is InChI=1S/C17H23NO/c1-2-9-17(10-6-11-18-17)16(19)15-12-14(15)13-7-4-3-5-8-13/h3-5,7-8,14-15,18H,2,6,9-12H2,1H3. The van der Waals surface area contributed by atoms with Gasteiger partial charge in [0.1, 0.15) is 0 Å². The van der Waals surface area contributed by atoms with Crippen molar-refractivity contribution in [2.45, 2.75) is 50.5 Å². The molecule has 0 aromatic heterocycles. The minimum absolute atomic E-state index is 0.192.